The first-order valence-electron chi connectivity index (χ1n) is 6.87. The lowest BCUT2D eigenvalue weighted by Gasteiger charge is -2.31. The van der Waals surface area contributed by atoms with Gasteiger partial charge in [-0.25, -0.2) is 0 Å². The largest absolute Gasteiger partial charge is 0.371 e. The van der Waals surface area contributed by atoms with Crippen molar-refractivity contribution in [2.75, 3.05) is 24.5 Å². The van der Waals surface area contributed by atoms with Gasteiger partial charge in [-0.2, -0.15) is 0 Å². The fourth-order valence-corrected chi connectivity index (χ4v) is 2.54. The maximum absolute atomic E-state index is 3.56. The molecule has 0 saturated carbocycles. The second-order valence-electron chi connectivity index (χ2n) is 4.97. The standard InChI is InChI=1S/C15H24N2/c1-3-14-7-4-5-8-15(14)17-11-6-10-16-13(2)9-12-17/h4-5,7-8,13,16H,3,6,9-12H2,1-2H3. The van der Waals surface area contributed by atoms with Gasteiger partial charge in [0.15, 0.2) is 0 Å². The summed E-state index contributed by atoms with van der Waals surface area (Å²) in [6, 6.07) is 9.49. The summed E-state index contributed by atoms with van der Waals surface area (Å²) in [5, 5.41) is 3.56. The zero-order valence-corrected chi connectivity index (χ0v) is 11.1. The highest BCUT2D eigenvalue weighted by atomic mass is 15.1. The molecule has 1 saturated heterocycles. The van der Waals surface area contributed by atoms with Crippen molar-refractivity contribution < 1.29 is 0 Å². The zero-order chi connectivity index (χ0) is 12.1. The van der Waals surface area contributed by atoms with Gasteiger partial charge < -0.3 is 10.2 Å². The van der Waals surface area contributed by atoms with Gasteiger partial charge in [0, 0.05) is 24.8 Å². The molecule has 0 bridgehead atoms. The summed E-state index contributed by atoms with van der Waals surface area (Å²) >= 11 is 0. The Labute approximate surface area is 105 Å². The van der Waals surface area contributed by atoms with E-state index in [1.165, 1.54) is 37.2 Å². The molecule has 1 aliphatic heterocycles. The molecule has 1 unspecified atom stereocenters. The molecule has 0 aromatic heterocycles. The van der Waals surface area contributed by atoms with Crippen LogP contribution < -0.4 is 10.2 Å². The van der Waals surface area contributed by atoms with Gasteiger partial charge in [0.2, 0.25) is 0 Å². The summed E-state index contributed by atoms with van der Waals surface area (Å²) in [4.78, 5) is 2.57. The zero-order valence-electron chi connectivity index (χ0n) is 11.1. The van der Waals surface area contributed by atoms with Gasteiger partial charge in [-0.15, -0.1) is 0 Å². The van der Waals surface area contributed by atoms with E-state index in [2.05, 4.69) is 48.3 Å². The predicted molar refractivity (Wildman–Crippen MR) is 74.7 cm³/mol. The van der Waals surface area contributed by atoms with Crippen LogP contribution in [0, 0.1) is 0 Å². The molecule has 0 spiro atoms. The van der Waals surface area contributed by atoms with E-state index in [1.807, 2.05) is 0 Å². The fraction of sp³-hybridized carbons (Fsp3) is 0.600. The molecule has 1 atom stereocenters. The first-order chi connectivity index (χ1) is 8.31. The van der Waals surface area contributed by atoms with Crippen molar-refractivity contribution in [3.8, 4) is 0 Å². The highest BCUT2D eigenvalue weighted by Gasteiger charge is 2.13. The number of benzene rings is 1. The molecule has 1 heterocycles. The van der Waals surface area contributed by atoms with Crippen LogP contribution in [0.3, 0.4) is 0 Å². The number of nitrogens with one attached hydrogen (secondary N) is 1. The number of aryl methyl sites for hydroxylation is 1. The molecular formula is C15H24N2. The number of anilines is 1. The van der Waals surface area contributed by atoms with E-state index in [0.29, 0.717) is 6.04 Å². The molecule has 17 heavy (non-hydrogen) atoms. The van der Waals surface area contributed by atoms with Gasteiger partial charge in [0.1, 0.15) is 0 Å². The first kappa shape index (κ1) is 12.4. The van der Waals surface area contributed by atoms with Crippen LogP contribution in [0.5, 0.6) is 0 Å². The van der Waals surface area contributed by atoms with Crippen LogP contribution in [0.2, 0.25) is 0 Å². The summed E-state index contributed by atoms with van der Waals surface area (Å²) in [5.74, 6) is 0. The predicted octanol–water partition coefficient (Wildman–Crippen LogP) is 2.83. The van der Waals surface area contributed by atoms with Crippen molar-refractivity contribution in [2.45, 2.75) is 39.2 Å². The van der Waals surface area contributed by atoms with Crippen LogP contribution in [-0.4, -0.2) is 25.7 Å². The molecule has 2 nitrogen and oxygen atoms in total. The molecule has 1 aromatic carbocycles. The molecule has 0 aliphatic carbocycles. The Balaban J connectivity index is 2.13. The van der Waals surface area contributed by atoms with E-state index >= 15 is 0 Å². The number of hydrogen-bond acceptors (Lipinski definition) is 2. The molecule has 0 amide bonds. The minimum Gasteiger partial charge on any atom is -0.371 e. The Morgan fingerprint density at radius 3 is 2.94 bits per heavy atom. The molecular weight excluding hydrogens is 208 g/mol. The van der Waals surface area contributed by atoms with E-state index < -0.39 is 0 Å². The molecule has 1 aromatic rings. The average Bonchev–Trinajstić information content (AvgIpc) is 2.35. The van der Waals surface area contributed by atoms with E-state index in [4.69, 9.17) is 0 Å². The van der Waals surface area contributed by atoms with E-state index in [9.17, 15) is 0 Å². The van der Waals surface area contributed by atoms with Crippen LogP contribution in [0.15, 0.2) is 24.3 Å². The van der Waals surface area contributed by atoms with Gasteiger partial charge in [0.25, 0.3) is 0 Å². The highest BCUT2D eigenvalue weighted by Crippen LogP contribution is 2.22. The Bertz CT molecular complexity index is 349. The minimum atomic E-state index is 0.645. The maximum Gasteiger partial charge on any atom is 0.0398 e. The number of hydrogen-bond donors (Lipinski definition) is 1. The normalized spacial score (nSPS) is 22.0. The van der Waals surface area contributed by atoms with Crippen LogP contribution in [0.4, 0.5) is 5.69 Å². The Kier molecular flexibility index (Phi) is 4.43. The number of para-hydroxylation sites is 1. The average molecular weight is 232 g/mol. The van der Waals surface area contributed by atoms with Gasteiger partial charge in [-0.1, -0.05) is 25.1 Å². The summed E-state index contributed by atoms with van der Waals surface area (Å²) < 4.78 is 0. The SMILES string of the molecule is CCc1ccccc1N1CCCNC(C)CC1. The van der Waals surface area contributed by atoms with Crippen molar-refractivity contribution >= 4 is 5.69 Å². The molecule has 1 aliphatic rings. The van der Waals surface area contributed by atoms with Crippen molar-refractivity contribution in [3.63, 3.8) is 0 Å². The van der Waals surface area contributed by atoms with Crippen LogP contribution >= 0.6 is 0 Å². The highest BCUT2D eigenvalue weighted by molar-refractivity contribution is 5.53. The summed E-state index contributed by atoms with van der Waals surface area (Å²) in [6.45, 7) is 8.02. The van der Waals surface area contributed by atoms with Gasteiger partial charge in [-0.3, -0.25) is 0 Å². The third-order valence-corrected chi connectivity index (χ3v) is 3.64. The second kappa shape index (κ2) is 6.06. The Morgan fingerprint density at radius 1 is 1.29 bits per heavy atom. The van der Waals surface area contributed by atoms with Gasteiger partial charge in [-0.05, 0) is 44.4 Å². The van der Waals surface area contributed by atoms with E-state index in [-0.39, 0.29) is 0 Å². The maximum atomic E-state index is 3.56. The van der Waals surface area contributed by atoms with Gasteiger partial charge >= 0.3 is 0 Å². The Morgan fingerprint density at radius 2 is 2.12 bits per heavy atom. The van der Waals surface area contributed by atoms with E-state index in [1.54, 1.807) is 0 Å². The number of rotatable bonds is 2. The minimum absolute atomic E-state index is 0.645. The fourth-order valence-electron chi connectivity index (χ4n) is 2.54. The third kappa shape index (κ3) is 3.22. The topological polar surface area (TPSA) is 15.3 Å². The van der Waals surface area contributed by atoms with Gasteiger partial charge in [0.05, 0.1) is 0 Å². The lowest BCUT2D eigenvalue weighted by Crippen LogP contribution is -2.38. The molecule has 94 valence electrons. The summed E-state index contributed by atoms with van der Waals surface area (Å²) in [5.41, 5.74) is 2.93. The molecule has 2 rings (SSSR count). The second-order valence-corrected chi connectivity index (χ2v) is 4.97. The molecule has 0 radical (unpaired) electrons. The monoisotopic (exact) mass is 232 g/mol. The van der Waals surface area contributed by atoms with Crippen molar-refractivity contribution in [1.29, 1.82) is 0 Å². The van der Waals surface area contributed by atoms with Crippen molar-refractivity contribution in [2.24, 2.45) is 0 Å². The molecule has 1 N–H and O–H groups in total. The summed E-state index contributed by atoms with van der Waals surface area (Å²) in [7, 11) is 0. The molecule has 2 heteroatoms. The first-order valence-corrected chi connectivity index (χ1v) is 6.87. The number of nitrogens with zero attached hydrogens (tertiary/aromatic N) is 1. The Hall–Kier alpha value is -1.02. The molecule has 1 fully saturated rings. The smallest absolute Gasteiger partial charge is 0.0398 e. The van der Waals surface area contributed by atoms with Crippen LogP contribution in [0.1, 0.15) is 32.3 Å². The third-order valence-electron chi connectivity index (χ3n) is 3.64. The van der Waals surface area contributed by atoms with Crippen molar-refractivity contribution in [1.82, 2.24) is 5.32 Å². The van der Waals surface area contributed by atoms with Crippen LogP contribution in [-0.2, 0) is 6.42 Å². The quantitative estimate of drug-likeness (QED) is 0.843. The lowest BCUT2D eigenvalue weighted by atomic mass is 10.1. The van der Waals surface area contributed by atoms with Crippen LogP contribution in [0.25, 0.3) is 0 Å². The lowest BCUT2D eigenvalue weighted by molar-refractivity contribution is 0.474. The summed E-state index contributed by atoms with van der Waals surface area (Å²) in [6.07, 6.45) is 3.60. The van der Waals surface area contributed by atoms with E-state index in [0.717, 1.165) is 13.0 Å². The van der Waals surface area contributed by atoms with Crippen molar-refractivity contribution in [3.05, 3.63) is 29.8 Å².